The molecule has 2 N–H and O–H groups in total. The Morgan fingerprint density at radius 1 is 1.40 bits per heavy atom. The van der Waals surface area contributed by atoms with Crippen LogP contribution < -0.4 is 5.32 Å². The van der Waals surface area contributed by atoms with Crippen LogP contribution in [0.25, 0.3) is 11.0 Å². The van der Waals surface area contributed by atoms with Crippen LogP contribution in [0.15, 0.2) is 28.6 Å². The van der Waals surface area contributed by atoms with Crippen LogP contribution in [0.2, 0.25) is 0 Å². The molecular formula is C16H18N6OS2. The highest BCUT2D eigenvalue weighted by atomic mass is 32.2. The van der Waals surface area contributed by atoms with Gasteiger partial charge in [0.1, 0.15) is 5.82 Å². The zero-order valence-corrected chi connectivity index (χ0v) is 15.4. The van der Waals surface area contributed by atoms with Gasteiger partial charge in [0.25, 0.3) is 0 Å². The van der Waals surface area contributed by atoms with Gasteiger partial charge >= 0.3 is 0 Å². The summed E-state index contributed by atoms with van der Waals surface area (Å²) >= 11 is 3.04. The highest BCUT2D eigenvalue weighted by molar-refractivity contribution is 8.01. The van der Waals surface area contributed by atoms with E-state index in [9.17, 15) is 4.79 Å². The lowest BCUT2D eigenvalue weighted by molar-refractivity contribution is -0.118. The van der Waals surface area contributed by atoms with E-state index in [-0.39, 0.29) is 5.91 Å². The molecule has 7 nitrogen and oxygen atoms in total. The van der Waals surface area contributed by atoms with E-state index in [4.69, 9.17) is 0 Å². The molecule has 1 aliphatic heterocycles. The van der Waals surface area contributed by atoms with Crippen molar-refractivity contribution in [1.29, 1.82) is 0 Å². The maximum absolute atomic E-state index is 12.1. The topological polar surface area (TPSA) is 86.8 Å². The largest absolute Gasteiger partial charge is 0.342 e. The molecule has 0 spiro atoms. The first-order valence-electron chi connectivity index (χ1n) is 8.14. The number of imidazole rings is 1. The highest BCUT2D eigenvalue weighted by Crippen LogP contribution is 2.27. The van der Waals surface area contributed by atoms with Crippen molar-refractivity contribution >= 4 is 45.2 Å². The number of thioether (sulfide) groups is 1. The highest BCUT2D eigenvalue weighted by Gasteiger charge is 2.31. The van der Waals surface area contributed by atoms with E-state index >= 15 is 0 Å². The number of carbonyl (C=O) groups is 1. The number of para-hydroxylation sites is 2. The minimum absolute atomic E-state index is 0.0488. The minimum atomic E-state index is -0.0488. The van der Waals surface area contributed by atoms with Crippen LogP contribution in [0, 0.1) is 0 Å². The first-order valence-corrected chi connectivity index (χ1v) is 9.94. The molecule has 0 unspecified atom stereocenters. The molecule has 0 atom stereocenters. The molecule has 0 radical (unpaired) electrons. The summed E-state index contributed by atoms with van der Waals surface area (Å²) in [7, 11) is 0. The number of benzene rings is 1. The number of carbonyl (C=O) groups excluding carboxylic acids is 1. The molecule has 25 heavy (non-hydrogen) atoms. The average molecular weight is 374 g/mol. The SMILES string of the molecule is CCSc1nnc(NC(=O)CN2CC(c3nc4ccccc4[nH]3)C2)s1. The van der Waals surface area contributed by atoms with E-state index in [0.717, 1.165) is 40.0 Å². The van der Waals surface area contributed by atoms with Gasteiger partial charge in [0.15, 0.2) is 4.34 Å². The van der Waals surface area contributed by atoms with Gasteiger partial charge in [-0.3, -0.25) is 15.0 Å². The molecule has 3 aromatic rings. The Morgan fingerprint density at radius 3 is 3.04 bits per heavy atom. The van der Waals surface area contributed by atoms with E-state index in [0.29, 0.717) is 17.6 Å². The van der Waals surface area contributed by atoms with Gasteiger partial charge in [0.2, 0.25) is 11.0 Å². The van der Waals surface area contributed by atoms with E-state index in [1.807, 2.05) is 24.3 Å². The van der Waals surface area contributed by atoms with Gasteiger partial charge in [-0.25, -0.2) is 4.98 Å². The quantitative estimate of drug-likeness (QED) is 0.509. The number of nitrogens with zero attached hydrogens (tertiary/aromatic N) is 4. The van der Waals surface area contributed by atoms with E-state index in [1.54, 1.807) is 11.8 Å². The summed E-state index contributed by atoms with van der Waals surface area (Å²) < 4.78 is 0.881. The number of hydrogen-bond acceptors (Lipinski definition) is 7. The summed E-state index contributed by atoms with van der Waals surface area (Å²) in [5.41, 5.74) is 2.05. The van der Waals surface area contributed by atoms with Crippen molar-refractivity contribution in [2.45, 2.75) is 17.2 Å². The number of likely N-dealkylation sites (tertiary alicyclic amines) is 1. The van der Waals surface area contributed by atoms with E-state index in [2.05, 4.69) is 37.3 Å². The van der Waals surface area contributed by atoms with Gasteiger partial charge in [-0.2, -0.15) is 0 Å². The lowest BCUT2D eigenvalue weighted by atomic mass is 9.99. The van der Waals surface area contributed by atoms with Crippen molar-refractivity contribution in [1.82, 2.24) is 25.1 Å². The van der Waals surface area contributed by atoms with Crippen LogP contribution >= 0.6 is 23.1 Å². The predicted octanol–water partition coefficient (Wildman–Crippen LogP) is 2.56. The van der Waals surface area contributed by atoms with Gasteiger partial charge in [-0.1, -0.05) is 42.2 Å². The number of aromatic amines is 1. The Kier molecular flexibility index (Phi) is 4.69. The fourth-order valence-electron chi connectivity index (χ4n) is 2.84. The Labute approximate surface area is 153 Å². The van der Waals surface area contributed by atoms with Crippen LogP contribution in [0.1, 0.15) is 18.7 Å². The van der Waals surface area contributed by atoms with Crippen molar-refractivity contribution in [2.24, 2.45) is 0 Å². The lowest BCUT2D eigenvalue weighted by Crippen LogP contribution is -2.48. The maximum atomic E-state index is 12.1. The van der Waals surface area contributed by atoms with Crippen LogP contribution in [0.5, 0.6) is 0 Å². The molecule has 3 heterocycles. The van der Waals surface area contributed by atoms with Crippen molar-refractivity contribution in [2.75, 3.05) is 30.7 Å². The van der Waals surface area contributed by atoms with Crippen molar-refractivity contribution in [3.8, 4) is 0 Å². The predicted molar refractivity (Wildman–Crippen MR) is 100 cm³/mol. The molecule has 130 valence electrons. The van der Waals surface area contributed by atoms with Gasteiger partial charge < -0.3 is 4.98 Å². The first-order chi connectivity index (χ1) is 12.2. The number of rotatable bonds is 6. The summed E-state index contributed by atoms with van der Waals surface area (Å²) in [5.74, 6) is 2.25. The summed E-state index contributed by atoms with van der Waals surface area (Å²) in [6.45, 7) is 4.10. The molecule has 1 saturated heterocycles. The zero-order chi connectivity index (χ0) is 17.2. The van der Waals surface area contributed by atoms with Crippen molar-refractivity contribution in [3.63, 3.8) is 0 Å². The Balaban J connectivity index is 1.28. The number of H-pyrrole nitrogens is 1. The number of anilines is 1. The van der Waals surface area contributed by atoms with Gasteiger partial charge in [0.05, 0.1) is 17.6 Å². The summed E-state index contributed by atoms with van der Waals surface area (Å²) in [5, 5.41) is 11.4. The Bertz CT molecular complexity index is 853. The van der Waals surface area contributed by atoms with Crippen LogP contribution in [0.3, 0.4) is 0 Å². The summed E-state index contributed by atoms with van der Waals surface area (Å²) in [6, 6.07) is 8.02. The summed E-state index contributed by atoms with van der Waals surface area (Å²) in [6.07, 6.45) is 0. The molecule has 2 aromatic heterocycles. The van der Waals surface area contributed by atoms with E-state index < -0.39 is 0 Å². The normalized spacial score (nSPS) is 15.4. The minimum Gasteiger partial charge on any atom is -0.342 e. The standard InChI is InChI=1S/C16H18N6OS2/c1-2-24-16-21-20-15(25-16)19-13(23)9-22-7-10(8-22)14-17-11-5-3-4-6-12(11)18-14/h3-6,10H,2,7-9H2,1H3,(H,17,18)(H,19,20,23). The monoisotopic (exact) mass is 374 g/mol. The number of fused-ring (bicyclic) bond motifs is 1. The van der Waals surface area contributed by atoms with Crippen molar-refractivity contribution < 1.29 is 4.79 Å². The second-order valence-electron chi connectivity index (χ2n) is 5.88. The molecule has 1 aliphatic rings. The van der Waals surface area contributed by atoms with Crippen molar-refractivity contribution in [3.05, 3.63) is 30.1 Å². The molecule has 9 heteroatoms. The molecule has 1 fully saturated rings. The average Bonchev–Trinajstić information content (AvgIpc) is 3.17. The van der Waals surface area contributed by atoms with Crippen LogP contribution in [0.4, 0.5) is 5.13 Å². The van der Waals surface area contributed by atoms with Crippen LogP contribution in [-0.4, -0.2) is 56.4 Å². The third kappa shape index (κ3) is 3.68. The molecular weight excluding hydrogens is 356 g/mol. The van der Waals surface area contributed by atoms with Gasteiger partial charge in [-0.05, 0) is 17.9 Å². The number of hydrogen-bond donors (Lipinski definition) is 2. The number of amides is 1. The fourth-order valence-corrected chi connectivity index (χ4v) is 4.51. The molecule has 0 aliphatic carbocycles. The van der Waals surface area contributed by atoms with Gasteiger partial charge in [0, 0.05) is 19.0 Å². The summed E-state index contributed by atoms with van der Waals surface area (Å²) in [4.78, 5) is 22.2. The molecule has 1 amide bonds. The molecule has 0 saturated carbocycles. The third-order valence-corrected chi connectivity index (χ3v) is 5.89. The molecule has 1 aromatic carbocycles. The fraction of sp³-hybridized carbons (Fsp3) is 0.375. The Hall–Kier alpha value is -1.97. The lowest BCUT2D eigenvalue weighted by Gasteiger charge is -2.37. The smallest absolute Gasteiger partial charge is 0.240 e. The maximum Gasteiger partial charge on any atom is 0.240 e. The van der Waals surface area contributed by atoms with E-state index in [1.165, 1.54) is 11.3 Å². The molecule has 4 rings (SSSR count). The number of nitrogens with one attached hydrogen (secondary N) is 2. The van der Waals surface area contributed by atoms with Gasteiger partial charge in [-0.15, -0.1) is 10.2 Å². The Morgan fingerprint density at radius 2 is 2.24 bits per heavy atom. The second-order valence-corrected chi connectivity index (χ2v) is 8.37. The van der Waals surface area contributed by atoms with Crippen LogP contribution in [-0.2, 0) is 4.79 Å². The third-order valence-electron chi connectivity index (χ3n) is 4.04. The molecule has 0 bridgehead atoms. The zero-order valence-electron chi connectivity index (χ0n) is 13.7. The first kappa shape index (κ1) is 16.5. The second kappa shape index (κ2) is 7.11. The number of aromatic nitrogens is 4.